The standard InChI is InChI=1S/C14H17F2NO3/c1-9(2)8-12(18)17(7-6-13(19)20)14-10(15)4-3-5-11(14)16/h3-5,9H,6-8H2,1-2H3,(H,19,20). The Morgan fingerprint density at radius 1 is 1.25 bits per heavy atom. The number of halogens is 2. The van der Waals surface area contributed by atoms with E-state index in [1.54, 1.807) is 13.8 Å². The largest absolute Gasteiger partial charge is 0.481 e. The van der Waals surface area contributed by atoms with Crippen molar-refractivity contribution in [1.82, 2.24) is 0 Å². The van der Waals surface area contributed by atoms with Crippen LogP contribution in [0.1, 0.15) is 26.7 Å². The molecule has 1 amide bonds. The topological polar surface area (TPSA) is 57.6 Å². The lowest BCUT2D eigenvalue weighted by Crippen LogP contribution is -2.35. The first kappa shape index (κ1) is 16.1. The number of nitrogens with zero attached hydrogens (tertiary/aromatic N) is 1. The highest BCUT2D eigenvalue weighted by molar-refractivity contribution is 5.94. The van der Waals surface area contributed by atoms with Crippen molar-refractivity contribution in [2.75, 3.05) is 11.4 Å². The van der Waals surface area contributed by atoms with Crippen molar-refractivity contribution in [1.29, 1.82) is 0 Å². The summed E-state index contributed by atoms with van der Waals surface area (Å²) in [4.78, 5) is 23.6. The van der Waals surface area contributed by atoms with Crippen LogP contribution >= 0.6 is 0 Å². The molecule has 1 aromatic carbocycles. The van der Waals surface area contributed by atoms with Crippen molar-refractivity contribution in [3.8, 4) is 0 Å². The number of amides is 1. The van der Waals surface area contributed by atoms with E-state index in [0.717, 1.165) is 17.0 Å². The third-order valence-electron chi connectivity index (χ3n) is 2.64. The molecule has 0 radical (unpaired) electrons. The maximum absolute atomic E-state index is 13.7. The molecule has 0 aromatic heterocycles. The molecule has 0 heterocycles. The monoisotopic (exact) mass is 285 g/mol. The van der Waals surface area contributed by atoms with Gasteiger partial charge in [-0.15, -0.1) is 0 Å². The molecule has 6 heteroatoms. The van der Waals surface area contributed by atoms with E-state index in [1.165, 1.54) is 6.07 Å². The van der Waals surface area contributed by atoms with Crippen molar-refractivity contribution in [3.63, 3.8) is 0 Å². The first-order chi connectivity index (χ1) is 9.32. The lowest BCUT2D eigenvalue weighted by Gasteiger charge is -2.24. The van der Waals surface area contributed by atoms with Crippen LogP contribution in [0.4, 0.5) is 14.5 Å². The summed E-state index contributed by atoms with van der Waals surface area (Å²) < 4.78 is 27.5. The third kappa shape index (κ3) is 4.29. The summed E-state index contributed by atoms with van der Waals surface area (Å²) in [6, 6.07) is 3.26. The van der Waals surface area contributed by atoms with E-state index in [2.05, 4.69) is 0 Å². The van der Waals surface area contributed by atoms with Crippen LogP contribution in [0, 0.1) is 17.6 Å². The summed E-state index contributed by atoms with van der Waals surface area (Å²) in [5.74, 6) is -3.39. The Kier molecular flexibility index (Phi) is 5.61. The maximum Gasteiger partial charge on any atom is 0.305 e. The molecule has 20 heavy (non-hydrogen) atoms. The summed E-state index contributed by atoms with van der Waals surface area (Å²) in [5, 5.41) is 8.69. The second kappa shape index (κ2) is 6.98. The Balaban J connectivity index is 3.09. The molecule has 0 fully saturated rings. The summed E-state index contributed by atoms with van der Waals surface area (Å²) in [7, 11) is 0. The highest BCUT2D eigenvalue weighted by atomic mass is 19.1. The second-order valence-corrected chi connectivity index (χ2v) is 4.86. The quantitative estimate of drug-likeness (QED) is 0.874. The molecule has 1 rings (SSSR count). The van der Waals surface area contributed by atoms with Crippen molar-refractivity contribution >= 4 is 17.6 Å². The van der Waals surface area contributed by atoms with E-state index in [1.807, 2.05) is 0 Å². The van der Waals surface area contributed by atoms with E-state index >= 15 is 0 Å². The number of hydrogen-bond donors (Lipinski definition) is 1. The van der Waals surface area contributed by atoms with Gasteiger partial charge in [-0.2, -0.15) is 0 Å². The smallest absolute Gasteiger partial charge is 0.305 e. The van der Waals surface area contributed by atoms with Gasteiger partial charge in [0, 0.05) is 13.0 Å². The van der Waals surface area contributed by atoms with Crippen LogP contribution in [0.15, 0.2) is 18.2 Å². The molecule has 4 nitrogen and oxygen atoms in total. The Labute approximate surface area is 116 Å². The molecule has 110 valence electrons. The number of benzene rings is 1. The zero-order chi connectivity index (χ0) is 15.3. The van der Waals surface area contributed by atoms with Crippen molar-refractivity contribution in [2.45, 2.75) is 26.7 Å². The third-order valence-corrected chi connectivity index (χ3v) is 2.64. The van der Waals surface area contributed by atoms with Crippen molar-refractivity contribution in [2.24, 2.45) is 5.92 Å². The molecule has 0 spiro atoms. The van der Waals surface area contributed by atoms with E-state index in [0.29, 0.717) is 0 Å². The van der Waals surface area contributed by atoms with Crippen molar-refractivity contribution in [3.05, 3.63) is 29.8 Å². The van der Waals surface area contributed by atoms with Gasteiger partial charge in [0.05, 0.1) is 6.42 Å². The Morgan fingerprint density at radius 3 is 2.25 bits per heavy atom. The van der Waals surface area contributed by atoms with Crippen LogP contribution in [0.3, 0.4) is 0 Å². The highest BCUT2D eigenvalue weighted by Crippen LogP contribution is 2.24. The zero-order valence-electron chi connectivity index (χ0n) is 11.4. The average molecular weight is 285 g/mol. The van der Waals surface area contributed by atoms with Gasteiger partial charge in [-0.25, -0.2) is 8.78 Å². The van der Waals surface area contributed by atoms with Crippen LogP contribution in [-0.4, -0.2) is 23.5 Å². The predicted molar refractivity (Wildman–Crippen MR) is 70.4 cm³/mol. The fraction of sp³-hybridized carbons (Fsp3) is 0.429. The molecule has 0 unspecified atom stereocenters. The molecule has 0 saturated heterocycles. The van der Waals surface area contributed by atoms with Crippen LogP contribution < -0.4 is 4.90 Å². The number of carbonyl (C=O) groups is 2. The number of carbonyl (C=O) groups excluding carboxylic acids is 1. The number of hydrogen-bond acceptors (Lipinski definition) is 2. The lowest BCUT2D eigenvalue weighted by atomic mass is 10.1. The van der Waals surface area contributed by atoms with Gasteiger partial charge in [0.15, 0.2) is 0 Å². The molecule has 0 saturated carbocycles. The van der Waals surface area contributed by atoms with Gasteiger partial charge in [-0.1, -0.05) is 19.9 Å². The first-order valence-corrected chi connectivity index (χ1v) is 6.29. The van der Waals surface area contributed by atoms with Crippen LogP contribution in [0.25, 0.3) is 0 Å². The number of anilines is 1. The summed E-state index contributed by atoms with van der Waals surface area (Å²) in [5.41, 5.74) is -0.487. The molecule has 1 N–H and O–H groups in total. The molecular formula is C14H17F2NO3. The molecular weight excluding hydrogens is 268 g/mol. The van der Waals surface area contributed by atoms with E-state index < -0.39 is 29.2 Å². The zero-order valence-corrected chi connectivity index (χ0v) is 11.4. The SMILES string of the molecule is CC(C)CC(=O)N(CCC(=O)O)c1c(F)cccc1F. The van der Waals surface area contributed by atoms with Crippen LogP contribution in [0.2, 0.25) is 0 Å². The molecule has 0 aliphatic carbocycles. The predicted octanol–water partition coefficient (Wildman–Crippen LogP) is 2.82. The van der Waals surface area contributed by atoms with Gasteiger partial charge >= 0.3 is 5.97 Å². The van der Waals surface area contributed by atoms with E-state index in [4.69, 9.17) is 5.11 Å². The fourth-order valence-corrected chi connectivity index (χ4v) is 1.77. The molecule has 1 aromatic rings. The fourth-order valence-electron chi connectivity index (χ4n) is 1.77. The van der Waals surface area contributed by atoms with Gasteiger partial charge in [-0.3, -0.25) is 9.59 Å². The summed E-state index contributed by atoms with van der Waals surface area (Å²) >= 11 is 0. The van der Waals surface area contributed by atoms with Gasteiger partial charge in [0.2, 0.25) is 5.91 Å². The minimum Gasteiger partial charge on any atom is -0.481 e. The lowest BCUT2D eigenvalue weighted by molar-refractivity contribution is -0.136. The minimum atomic E-state index is -1.14. The Morgan fingerprint density at radius 2 is 1.80 bits per heavy atom. The average Bonchev–Trinajstić information content (AvgIpc) is 2.31. The first-order valence-electron chi connectivity index (χ1n) is 6.29. The number of carboxylic acid groups (broad SMARTS) is 1. The molecule has 0 aliphatic rings. The van der Waals surface area contributed by atoms with Gasteiger partial charge in [0.25, 0.3) is 0 Å². The highest BCUT2D eigenvalue weighted by Gasteiger charge is 2.23. The van der Waals surface area contributed by atoms with Crippen LogP contribution in [-0.2, 0) is 9.59 Å². The molecule has 0 atom stereocenters. The number of para-hydroxylation sites is 1. The second-order valence-electron chi connectivity index (χ2n) is 4.86. The normalized spacial score (nSPS) is 10.7. The number of carboxylic acids is 1. The Hall–Kier alpha value is -1.98. The van der Waals surface area contributed by atoms with Gasteiger partial charge < -0.3 is 10.0 Å². The Bertz CT molecular complexity index is 483. The molecule has 0 aliphatic heterocycles. The minimum absolute atomic E-state index is 0.00432. The maximum atomic E-state index is 13.7. The summed E-state index contributed by atoms with van der Waals surface area (Å²) in [6.07, 6.45) is -0.287. The number of rotatable bonds is 6. The molecule has 0 bridgehead atoms. The van der Waals surface area contributed by atoms with Crippen molar-refractivity contribution < 1.29 is 23.5 Å². The number of aliphatic carboxylic acids is 1. The van der Waals surface area contributed by atoms with E-state index in [9.17, 15) is 18.4 Å². The van der Waals surface area contributed by atoms with E-state index in [-0.39, 0.29) is 25.3 Å². The van der Waals surface area contributed by atoms with Crippen LogP contribution in [0.5, 0.6) is 0 Å². The van der Waals surface area contributed by atoms with Gasteiger partial charge in [0.1, 0.15) is 17.3 Å². The van der Waals surface area contributed by atoms with Gasteiger partial charge in [-0.05, 0) is 18.1 Å². The summed E-state index contributed by atoms with van der Waals surface area (Å²) in [6.45, 7) is 3.33.